The van der Waals surface area contributed by atoms with Crippen molar-refractivity contribution in [3.63, 3.8) is 0 Å². The standard InChI is InChI=1S/C12H21NO3/c1-12(2,3)16-11(15)13-10(8-14)7-9-5-4-6-9/h8-10H,4-7H2,1-3H3,(H,13,15). The van der Waals surface area contributed by atoms with Gasteiger partial charge in [-0.05, 0) is 33.1 Å². The van der Waals surface area contributed by atoms with Gasteiger partial charge >= 0.3 is 6.09 Å². The minimum absolute atomic E-state index is 0.403. The van der Waals surface area contributed by atoms with Gasteiger partial charge in [-0.3, -0.25) is 0 Å². The number of amides is 1. The van der Waals surface area contributed by atoms with Crippen molar-refractivity contribution in [2.75, 3.05) is 0 Å². The second-order valence-corrected chi connectivity index (χ2v) is 5.42. The number of nitrogens with one attached hydrogen (secondary N) is 1. The molecule has 0 saturated heterocycles. The third-order valence-electron chi connectivity index (χ3n) is 2.68. The lowest BCUT2D eigenvalue weighted by Crippen LogP contribution is -2.41. The predicted molar refractivity (Wildman–Crippen MR) is 61.2 cm³/mol. The van der Waals surface area contributed by atoms with Crippen LogP contribution in [0.25, 0.3) is 0 Å². The Kier molecular flexibility index (Phi) is 4.33. The van der Waals surface area contributed by atoms with Crippen LogP contribution in [0, 0.1) is 5.92 Å². The van der Waals surface area contributed by atoms with Gasteiger partial charge in [0.05, 0.1) is 6.04 Å². The highest BCUT2D eigenvalue weighted by atomic mass is 16.6. The van der Waals surface area contributed by atoms with Crippen LogP contribution in [0.4, 0.5) is 4.79 Å². The molecule has 1 saturated carbocycles. The first kappa shape index (κ1) is 13.0. The van der Waals surface area contributed by atoms with Crippen molar-refractivity contribution in [2.24, 2.45) is 5.92 Å². The van der Waals surface area contributed by atoms with Gasteiger partial charge in [-0.15, -0.1) is 0 Å². The largest absolute Gasteiger partial charge is 0.444 e. The van der Waals surface area contributed by atoms with Crippen LogP contribution in [0.5, 0.6) is 0 Å². The van der Waals surface area contributed by atoms with Gasteiger partial charge in [0, 0.05) is 0 Å². The molecule has 16 heavy (non-hydrogen) atoms. The first-order valence-corrected chi connectivity index (χ1v) is 5.85. The Labute approximate surface area is 96.7 Å². The highest BCUT2D eigenvalue weighted by molar-refractivity contribution is 5.73. The summed E-state index contributed by atoms with van der Waals surface area (Å²) in [5.41, 5.74) is -0.520. The zero-order valence-electron chi connectivity index (χ0n) is 10.3. The summed E-state index contributed by atoms with van der Waals surface area (Å²) in [5.74, 6) is 0.588. The number of hydrogen-bond donors (Lipinski definition) is 1. The van der Waals surface area contributed by atoms with E-state index in [1.54, 1.807) is 20.8 Å². The fourth-order valence-corrected chi connectivity index (χ4v) is 1.70. The monoisotopic (exact) mass is 227 g/mol. The van der Waals surface area contributed by atoms with Crippen molar-refractivity contribution in [2.45, 2.75) is 58.1 Å². The first-order valence-electron chi connectivity index (χ1n) is 5.85. The molecule has 1 N–H and O–H groups in total. The van der Waals surface area contributed by atoms with Crippen molar-refractivity contribution in [3.05, 3.63) is 0 Å². The van der Waals surface area contributed by atoms with E-state index in [-0.39, 0.29) is 0 Å². The molecule has 1 amide bonds. The van der Waals surface area contributed by atoms with Crippen LogP contribution in [0.2, 0.25) is 0 Å². The summed E-state index contributed by atoms with van der Waals surface area (Å²) >= 11 is 0. The molecular weight excluding hydrogens is 206 g/mol. The molecule has 4 nitrogen and oxygen atoms in total. The smallest absolute Gasteiger partial charge is 0.408 e. The number of rotatable bonds is 4. The molecule has 1 atom stereocenters. The summed E-state index contributed by atoms with van der Waals surface area (Å²) in [4.78, 5) is 22.2. The summed E-state index contributed by atoms with van der Waals surface area (Å²) in [7, 11) is 0. The summed E-state index contributed by atoms with van der Waals surface area (Å²) in [6.45, 7) is 5.40. The molecule has 1 rings (SSSR count). The molecule has 0 spiro atoms. The zero-order valence-corrected chi connectivity index (χ0v) is 10.3. The highest BCUT2D eigenvalue weighted by Crippen LogP contribution is 2.30. The number of alkyl carbamates (subject to hydrolysis) is 1. The van der Waals surface area contributed by atoms with Crippen molar-refractivity contribution < 1.29 is 14.3 Å². The topological polar surface area (TPSA) is 55.4 Å². The maximum atomic E-state index is 11.4. The summed E-state index contributed by atoms with van der Waals surface area (Å²) < 4.78 is 5.09. The number of hydrogen-bond acceptors (Lipinski definition) is 3. The van der Waals surface area contributed by atoms with Gasteiger partial charge in [0.25, 0.3) is 0 Å². The lowest BCUT2D eigenvalue weighted by atomic mass is 9.81. The van der Waals surface area contributed by atoms with Crippen molar-refractivity contribution in [1.29, 1.82) is 0 Å². The maximum Gasteiger partial charge on any atom is 0.408 e. The van der Waals surface area contributed by atoms with Crippen LogP contribution in [0.3, 0.4) is 0 Å². The van der Waals surface area contributed by atoms with Gasteiger partial charge in [-0.2, -0.15) is 0 Å². The van der Waals surface area contributed by atoms with E-state index in [9.17, 15) is 9.59 Å². The molecule has 4 heteroatoms. The molecule has 0 bridgehead atoms. The van der Waals surface area contributed by atoms with E-state index < -0.39 is 17.7 Å². The average Bonchev–Trinajstić information content (AvgIpc) is 2.05. The van der Waals surface area contributed by atoms with Crippen LogP contribution in [-0.4, -0.2) is 24.0 Å². The third-order valence-corrected chi connectivity index (χ3v) is 2.68. The third kappa shape index (κ3) is 4.64. The van der Waals surface area contributed by atoms with E-state index in [1.165, 1.54) is 19.3 Å². The van der Waals surface area contributed by atoms with Crippen molar-refractivity contribution in [1.82, 2.24) is 5.32 Å². The highest BCUT2D eigenvalue weighted by Gasteiger charge is 2.24. The lowest BCUT2D eigenvalue weighted by Gasteiger charge is -2.28. The van der Waals surface area contributed by atoms with Gasteiger partial charge < -0.3 is 14.8 Å². The minimum Gasteiger partial charge on any atom is -0.444 e. The molecular formula is C12H21NO3. The Morgan fingerprint density at radius 1 is 1.50 bits per heavy atom. The Hall–Kier alpha value is -1.06. The van der Waals surface area contributed by atoms with Gasteiger partial charge in [0.1, 0.15) is 11.9 Å². The fourth-order valence-electron chi connectivity index (χ4n) is 1.70. The Morgan fingerprint density at radius 2 is 2.12 bits per heavy atom. The SMILES string of the molecule is CC(C)(C)OC(=O)NC(C=O)CC1CCC1. The number of carbonyl (C=O) groups is 2. The van der Waals surface area contributed by atoms with E-state index in [1.807, 2.05) is 0 Å². The quantitative estimate of drug-likeness (QED) is 0.749. The Morgan fingerprint density at radius 3 is 2.50 bits per heavy atom. The normalized spacial score (nSPS) is 18.4. The molecule has 0 aliphatic heterocycles. The van der Waals surface area contributed by atoms with Gasteiger partial charge in [-0.25, -0.2) is 4.79 Å². The average molecular weight is 227 g/mol. The molecule has 1 unspecified atom stereocenters. The van der Waals surface area contributed by atoms with Crippen LogP contribution in [-0.2, 0) is 9.53 Å². The molecule has 0 heterocycles. The molecule has 1 fully saturated rings. The second-order valence-electron chi connectivity index (χ2n) is 5.42. The summed E-state index contributed by atoms with van der Waals surface area (Å²) in [6.07, 6.45) is 4.60. The molecule has 92 valence electrons. The molecule has 0 aromatic carbocycles. The molecule has 1 aliphatic carbocycles. The molecule has 1 aliphatic rings. The predicted octanol–water partition coefficient (Wildman–Crippen LogP) is 2.27. The van der Waals surface area contributed by atoms with E-state index in [4.69, 9.17) is 4.74 Å². The fraction of sp³-hybridized carbons (Fsp3) is 0.833. The van der Waals surface area contributed by atoms with Crippen LogP contribution >= 0.6 is 0 Å². The van der Waals surface area contributed by atoms with E-state index in [0.717, 1.165) is 12.7 Å². The summed E-state index contributed by atoms with van der Waals surface area (Å²) in [6, 6.07) is -0.403. The molecule has 0 aromatic heterocycles. The van der Waals surface area contributed by atoms with Crippen molar-refractivity contribution in [3.8, 4) is 0 Å². The van der Waals surface area contributed by atoms with Crippen molar-refractivity contribution >= 4 is 12.4 Å². The number of ether oxygens (including phenoxy) is 1. The van der Waals surface area contributed by atoms with E-state index >= 15 is 0 Å². The second kappa shape index (κ2) is 5.32. The zero-order chi connectivity index (χ0) is 12.2. The van der Waals surface area contributed by atoms with E-state index in [2.05, 4.69) is 5.32 Å². The number of aldehydes is 1. The van der Waals surface area contributed by atoms with E-state index in [0.29, 0.717) is 5.92 Å². The van der Waals surface area contributed by atoms with Gasteiger partial charge in [0.2, 0.25) is 0 Å². The molecule has 0 aromatic rings. The van der Waals surface area contributed by atoms with Gasteiger partial charge in [0.15, 0.2) is 0 Å². The minimum atomic E-state index is -0.520. The van der Waals surface area contributed by atoms with Crippen LogP contribution < -0.4 is 5.32 Å². The summed E-state index contributed by atoms with van der Waals surface area (Å²) in [5, 5.41) is 2.59. The Balaban J connectivity index is 2.31. The number of carbonyl (C=O) groups excluding carboxylic acids is 2. The lowest BCUT2D eigenvalue weighted by molar-refractivity contribution is -0.110. The van der Waals surface area contributed by atoms with Crippen LogP contribution in [0.15, 0.2) is 0 Å². The van der Waals surface area contributed by atoms with Crippen LogP contribution in [0.1, 0.15) is 46.5 Å². The first-order chi connectivity index (χ1) is 7.40. The maximum absolute atomic E-state index is 11.4. The van der Waals surface area contributed by atoms with Gasteiger partial charge in [-0.1, -0.05) is 19.3 Å². The molecule has 0 radical (unpaired) electrons. The Bertz CT molecular complexity index is 253.